The molecule has 0 atom stereocenters. The fraction of sp³-hybridized carbons (Fsp3) is 0.875. The summed E-state index contributed by atoms with van der Waals surface area (Å²) in [4.78, 5) is 25.1. The topological polar surface area (TPSA) is 34.1 Å². The van der Waals surface area contributed by atoms with Crippen LogP contribution < -0.4 is 0 Å². The van der Waals surface area contributed by atoms with Gasteiger partial charge in [0.05, 0.1) is 0 Å². The molecule has 102 valence electrons. The Morgan fingerprint density at radius 3 is 1.17 bits per heavy atom. The first-order chi connectivity index (χ1) is 8.48. The van der Waals surface area contributed by atoms with Crippen molar-refractivity contribution in [2.45, 2.75) is 78.1 Å². The molecular weight excluding hydrogens is 224 g/mol. The number of Topliss-reactive ketones (excluding diaryl/α,β-unsaturated/α-hetero) is 2. The van der Waals surface area contributed by atoms with Gasteiger partial charge in [0, 0.05) is 10.8 Å². The van der Waals surface area contributed by atoms with E-state index in [-0.39, 0.29) is 22.4 Å². The van der Waals surface area contributed by atoms with Crippen LogP contribution in [0.3, 0.4) is 0 Å². The zero-order chi connectivity index (χ0) is 13.2. The third kappa shape index (κ3) is 2.53. The van der Waals surface area contributed by atoms with Crippen molar-refractivity contribution in [1.29, 1.82) is 0 Å². The molecule has 0 radical (unpaired) electrons. The molecule has 2 fully saturated rings. The van der Waals surface area contributed by atoms with Gasteiger partial charge in [0.15, 0.2) is 0 Å². The fourth-order valence-corrected chi connectivity index (χ4v) is 3.67. The monoisotopic (exact) mass is 250 g/mol. The Labute approximate surface area is 111 Å². The first kappa shape index (κ1) is 13.8. The lowest BCUT2D eigenvalue weighted by atomic mass is 9.64. The maximum absolute atomic E-state index is 12.6. The Balaban J connectivity index is 2.10. The highest BCUT2D eigenvalue weighted by atomic mass is 16.2. The highest BCUT2D eigenvalue weighted by Crippen LogP contribution is 2.42. The second-order valence-corrected chi connectivity index (χ2v) is 6.90. The smallest absolute Gasteiger partial charge is 0.204 e. The maximum Gasteiger partial charge on any atom is 0.204 e. The summed E-state index contributed by atoms with van der Waals surface area (Å²) in [7, 11) is 0. The second-order valence-electron chi connectivity index (χ2n) is 6.90. The molecule has 0 aromatic heterocycles. The molecule has 0 unspecified atom stereocenters. The van der Waals surface area contributed by atoms with Gasteiger partial charge in [-0.15, -0.1) is 0 Å². The number of rotatable bonds is 3. The van der Waals surface area contributed by atoms with E-state index in [4.69, 9.17) is 0 Å². The standard InChI is InChI=1S/C16H26O2/c1-15(9-5-3-6-10-15)13(17)14(18)16(2)11-7-4-8-12-16/h3-12H2,1-2H3. The molecule has 2 heteroatoms. The van der Waals surface area contributed by atoms with Crippen LogP contribution in [-0.4, -0.2) is 11.6 Å². The molecule has 18 heavy (non-hydrogen) atoms. The average Bonchev–Trinajstić information content (AvgIpc) is 2.39. The SMILES string of the molecule is CC1(C(=O)C(=O)C2(C)CCCCC2)CCCCC1. The van der Waals surface area contributed by atoms with Crippen molar-refractivity contribution >= 4 is 11.6 Å². The number of ketones is 2. The molecular formula is C16H26O2. The van der Waals surface area contributed by atoms with Crippen LogP contribution in [0.15, 0.2) is 0 Å². The summed E-state index contributed by atoms with van der Waals surface area (Å²) in [6.07, 6.45) is 10.5. The highest BCUT2D eigenvalue weighted by Gasteiger charge is 2.45. The quantitative estimate of drug-likeness (QED) is 0.708. The van der Waals surface area contributed by atoms with Crippen molar-refractivity contribution in [2.75, 3.05) is 0 Å². The van der Waals surface area contributed by atoms with Crippen molar-refractivity contribution in [2.24, 2.45) is 10.8 Å². The summed E-state index contributed by atoms with van der Waals surface area (Å²) >= 11 is 0. The molecule has 0 aromatic rings. The molecule has 0 spiro atoms. The molecule has 2 nitrogen and oxygen atoms in total. The molecule has 2 rings (SSSR count). The number of hydrogen-bond donors (Lipinski definition) is 0. The number of carbonyl (C=O) groups excluding carboxylic acids is 2. The first-order valence-corrected chi connectivity index (χ1v) is 7.57. The molecule has 2 aliphatic rings. The van der Waals surface area contributed by atoms with Crippen LogP contribution in [0.5, 0.6) is 0 Å². The Kier molecular flexibility index (Phi) is 3.93. The van der Waals surface area contributed by atoms with Gasteiger partial charge in [0.25, 0.3) is 0 Å². The minimum atomic E-state index is -0.351. The van der Waals surface area contributed by atoms with E-state index in [1.54, 1.807) is 0 Å². The minimum Gasteiger partial charge on any atom is -0.290 e. The summed E-state index contributed by atoms with van der Waals surface area (Å²) in [5, 5.41) is 0. The van der Waals surface area contributed by atoms with Crippen LogP contribution in [-0.2, 0) is 9.59 Å². The Morgan fingerprint density at radius 1 is 0.611 bits per heavy atom. The molecule has 0 amide bonds. The number of hydrogen-bond acceptors (Lipinski definition) is 2. The van der Waals surface area contributed by atoms with Crippen LogP contribution in [0, 0.1) is 10.8 Å². The van der Waals surface area contributed by atoms with Gasteiger partial charge in [-0.1, -0.05) is 52.4 Å². The van der Waals surface area contributed by atoms with Crippen molar-refractivity contribution in [1.82, 2.24) is 0 Å². The predicted octanol–water partition coefficient (Wildman–Crippen LogP) is 4.07. The molecule has 0 aliphatic heterocycles. The summed E-state index contributed by atoms with van der Waals surface area (Å²) in [5.74, 6) is -0.127. The number of carbonyl (C=O) groups is 2. The third-order valence-electron chi connectivity index (χ3n) is 5.22. The van der Waals surface area contributed by atoms with Gasteiger partial charge >= 0.3 is 0 Å². The van der Waals surface area contributed by atoms with Crippen molar-refractivity contribution < 1.29 is 9.59 Å². The van der Waals surface area contributed by atoms with Gasteiger partial charge in [-0.3, -0.25) is 9.59 Å². The Hall–Kier alpha value is -0.660. The van der Waals surface area contributed by atoms with Gasteiger partial charge < -0.3 is 0 Å². The van der Waals surface area contributed by atoms with E-state index in [1.165, 1.54) is 12.8 Å². The third-order valence-corrected chi connectivity index (χ3v) is 5.22. The molecule has 2 aliphatic carbocycles. The first-order valence-electron chi connectivity index (χ1n) is 7.57. The van der Waals surface area contributed by atoms with Crippen LogP contribution in [0.25, 0.3) is 0 Å². The second kappa shape index (κ2) is 5.14. The van der Waals surface area contributed by atoms with Crippen molar-refractivity contribution in [3.8, 4) is 0 Å². The molecule has 2 saturated carbocycles. The average molecular weight is 250 g/mol. The lowest BCUT2D eigenvalue weighted by Gasteiger charge is -2.37. The highest BCUT2D eigenvalue weighted by molar-refractivity contribution is 6.40. The van der Waals surface area contributed by atoms with E-state index in [1.807, 2.05) is 13.8 Å². The lowest BCUT2D eigenvalue weighted by Crippen LogP contribution is -2.44. The summed E-state index contributed by atoms with van der Waals surface area (Å²) in [5.41, 5.74) is -0.703. The summed E-state index contributed by atoms with van der Waals surface area (Å²) < 4.78 is 0. The molecule has 0 bridgehead atoms. The lowest BCUT2D eigenvalue weighted by molar-refractivity contribution is -0.149. The van der Waals surface area contributed by atoms with Crippen LogP contribution >= 0.6 is 0 Å². The van der Waals surface area contributed by atoms with E-state index >= 15 is 0 Å². The van der Waals surface area contributed by atoms with E-state index in [2.05, 4.69) is 0 Å². The largest absolute Gasteiger partial charge is 0.290 e. The Morgan fingerprint density at radius 2 is 0.889 bits per heavy atom. The predicted molar refractivity (Wildman–Crippen MR) is 72.4 cm³/mol. The molecule has 0 aromatic carbocycles. The van der Waals surface area contributed by atoms with Gasteiger partial charge in [-0.25, -0.2) is 0 Å². The van der Waals surface area contributed by atoms with Crippen LogP contribution in [0.2, 0.25) is 0 Å². The zero-order valence-corrected chi connectivity index (χ0v) is 11.9. The zero-order valence-electron chi connectivity index (χ0n) is 11.9. The Bertz CT molecular complexity index is 297. The van der Waals surface area contributed by atoms with Crippen LogP contribution in [0.1, 0.15) is 78.1 Å². The van der Waals surface area contributed by atoms with Gasteiger partial charge in [0.1, 0.15) is 0 Å². The maximum atomic E-state index is 12.6. The van der Waals surface area contributed by atoms with E-state index < -0.39 is 0 Å². The minimum absolute atomic E-state index is 0.0633. The van der Waals surface area contributed by atoms with Gasteiger partial charge in [0.2, 0.25) is 11.6 Å². The van der Waals surface area contributed by atoms with E-state index in [9.17, 15) is 9.59 Å². The van der Waals surface area contributed by atoms with Crippen molar-refractivity contribution in [3.63, 3.8) is 0 Å². The molecule has 0 saturated heterocycles. The van der Waals surface area contributed by atoms with Gasteiger partial charge in [-0.05, 0) is 25.7 Å². The van der Waals surface area contributed by atoms with E-state index in [0.29, 0.717) is 0 Å². The molecule has 0 heterocycles. The summed E-state index contributed by atoms with van der Waals surface area (Å²) in [6, 6.07) is 0. The molecule has 0 N–H and O–H groups in total. The van der Waals surface area contributed by atoms with E-state index in [0.717, 1.165) is 51.4 Å². The normalized spacial score (nSPS) is 26.6. The fourth-order valence-electron chi connectivity index (χ4n) is 3.67. The van der Waals surface area contributed by atoms with Gasteiger partial charge in [-0.2, -0.15) is 0 Å². The summed E-state index contributed by atoms with van der Waals surface area (Å²) in [6.45, 7) is 4.02. The van der Waals surface area contributed by atoms with Crippen molar-refractivity contribution in [3.05, 3.63) is 0 Å². The van der Waals surface area contributed by atoms with Crippen LogP contribution in [0.4, 0.5) is 0 Å².